The number of hydrogen-bond acceptors (Lipinski definition) is 5. The van der Waals surface area contributed by atoms with E-state index in [1.807, 2.05) is 30.3 Å². The molecule has 0 aliphatic carbocycles. The Morgan fingerprint density at radius 2 is 1.96 bits per heavy atom. The predicted molar refractivity (Wildman–Crippen MR) is 99.8 cm³/mol. The number of rotatable bonds is 6. The van der Waals surface area contributed by atoms with Crippen molar-refractivity contribution in [1.29, 1.82) is 0 Å². The zero-order valence-electron chi connectivity index (χ0n) is 14.7. The summed E-state index contributed by atoms with van der Waals surface area (Å²) in [5.41, 5.74) is 1.53. The fourth-order valence-electron chi connectivity index (χ4n) is 2.75. The SMILES string of the molecule is Cc1nn(CC(=O)Nc2nn(Cc3ccccc3)cc2Cl)c(C)c1[N+](=O)[O-]. The van der Waals surface area contributed by atoms with E-state index in [2.05, 4.69) is 15.5 Å². The monoisotopic (exact) mass is 388 g/mol. The number of hydrogen-bond donors (Lipinski definition) is 1. The van der Waals surface area contributed by atoms with Gasteiger partial charge in [0.05, 0.1) is 11.5 Å². The van der Waals surface area contributed by atoms with E-state index in [9.17, 15) is 14.9 Å². The van der Waals surface area contributed by atoms with Crippen LogP contribution in [0.4, 0.5) is 11.5 Å². The summed E-state index contributed by atoms with van der Waals surface area (Å²) in [4.78, 5) is 22.8. The summed E-state index contributed by atoms with van der Waals surface area (Å²) in [5, 5.41) is 22.3. The normalized spacial score (nSPS) is 10.8. The lowest BCUT2D eigenvalue weighted by Gasteiger charge is -2.05. The van der Waals surface area contributed by atoms with Crippen LogP contribution < -0.4 is 5.32 Å². The molecule has 3 aromatic rings. The standard InChI is InChI=1S/C17H17ClN6O3/c1-11-16(24(26)27)12(2)23(20-11)10-15(25)19-17-14(18)9-22(21-17)8-13-6-4-3-5-7-13/h3-7,9H,8,10H2,1-2H3,(H,19,21,25). The number of carbonyl (C=O) groups is 1. The van der Waals surface area contributed by atoms with Crippen molar-refractivity contribution in [1.82, 2.24) is 19.6 Å². The van der Waals surface area contributed by atoms with Gasteiger partial charge in [-0.25, -0.2) is 0 Å². The molecule has 0 atom stereocenters. The fourth-order valence-corrected chi connectivity index (χ4v) is 2.94. The third kappa shape index (κ3) is 4.14. The molecule has 0 bridgehead atoms. The average molecular weight is 389 g/mol. The highest BCUT2D eigenvalue weighted by molar-refractivity contribution is 6.33. The van der Waals surface area contributed by atoms with Crippen molar-refractivity contribution in [2.75, 3.05) is 5.32 Å². The van der Waals surface area contributed by atoms with Gasteiger partial charge in [0.15, 0.2) is 5.82 Å². The van der Waals surface area contributed by atoms with Crippen molar-refractivity contribution in [3.05, 3.63) is 68.6 Å². The number of nitrogens with one attached hydrogen (secondary N) is 1. The van der Waals surface area contributed by atoms with Crippen LogP contribution >= 0.6 is 11.6 Å². The molecule has 0 fully saturated rings. The molecule has 10 heteroatoms. The second-order valence-corrected chi connectivity index (χ2v) is 6.40. The van der Waals surface area contributed by atoms with E-state index < -0.39 is 10.8 Å². The number of benzene rings is 1. The summed E-state index contributed by atoms with van der Waals surface area (Å²) < 4.78 is 2.92. The Balaban J connectivity index is 1.70. The van der Waals surface area contributed by atoms with E-state index in [-0.39, 0.29) is 23.7 Å². The summed E-state index contributed by atoms with van der Waals surface area (Å²) >= 11 is 6.15. The average Bonchev–Trinajstić information content (AvgIpc) is 3.07. The number of aromatic nitrogens is 4. The second-order valence-electron chi connectivity index (χ2n) is 5.99. The van der Waals surface area contributed by atoms with Gasteiger partial charge < -0.3 is 5.32 Å². The highest BCUT2D eigenvalue weighted by Crippen LogP contribution is 2.23. The molecule has 0 aliphatic heterocycles. The number of aryl methyl sites for hydroxylation is 1. The van der Waals surface area contributed by atoms with E-state index in [1.165, 1.54) is 11.6 Å². The molecule has 140 valence electrons. The molecule has 1 aromatic carbocycles. The Kier molecular flexibility index (Phi) is 5.22. The first-order valence-corrected chi connectivity index (χ1v) is 8.48. The number of nitrogens with zero attached hydrogens (tertiary/aromatic N) is 5. The number of nitro groups is 1. The van der Waals surface area contributed by atoms with Crippen LogP contribution in [-0.4, -0.2) is 30.4 Å². The summed E-state index contributed by atoms with van der Waals surface area (Å²) in [7, 11) is 0. The van der Waals surface area contributed by atoms with Crippen molar-refractivity contribution in [2.24, 2.45) is 0 Å². The van der Waals surface area contributed by atoms with Crippen molar-refractivity contribution >= 4 is 29.0 Å². The lowest BCUT2D eigenvalue weighted by molar-refractivity contribution is -0.386. The van der Waals surface area contributed by atoms with Crippen LogP contribution in [0.15, 0.2) is 36.5 Å². The predicted octanol–water partition coefficient (Wildman–Crippen LogP) is 2.95. The molecular formula is C17H17ClN6O3. The zero-order chi connectivity index (χ0) is 19.6. The van der Waals surface area contributed by atoms with Gasteiger partial charge in [-0.3, -0.25) is 24.3 Å². The largest absolute Gasteiger partial charge is 0.312 e. The minimum absolute atomic E-state index is 0.0898. The molecule has 0 radical (unpaired) electrons. The van der Waals surface area contributed by atoms with Crippen LogP contribution in [-0.2, 0) is 17.9 Å². The van der Waals surface area contributed by atoms with Crippen molar-refractivity contribution < 1.29 is 9.72 Å². The molecule has 1 amide bonds. The number of halogens is 1. The lowest BCUT2D eigenvalue weighted by Crippen LogP contribution is -2.21. The Morgan fingerprint density at radius 3 is 2.59 bits per heavy atom. The summed E-state index contributed by atoms with van der Waals surface area (Å²) in [6.45, 7) is 3.41. The smallest absolute Gasteiger partial charge is 0.306 e. The quantitative estimate of drug-likeness (QED) is 0.516. The van der Waals surface area contributed by atoms with Gasteiger partial charge in [0.25, 0.3) is 0 Å². The van der Waals surface area contributed by atoms with Gasteiger partial charge >= 0.3 is 5.69 Å². The Bertz CT molecular complexity index is 996. The minimum Gasteiger partial charge on any atom is -0.306 e. The molecule has 1 N–H and O–H groups in total. The summed E-state index contributed by atoms with van der Waals surface area (Å²) in [6.07, 6.45) is 1.62. The number of carbonyl (C=O) groups excluding carboxylic acids is 1. The zero-order valence-corrected chi connectivity index (χ0v) is 15.5. The number of anilines is 1. The van der Waals surface area contributed by atoms with Crippen molar-refractivity contribution in [2.45, 2.75) is 26.9 Å². The van der Waals surface area contributed by atoms with Crippen LogP contribution in [0.25, 0.3) is 0 Å². The van der Waals surface area contributed by atoms with Gasteiger partial charge in [0, 0.05) is 6.20 Å². The third-order valence-corrected chi connectivity index (χ3v) is 4.26. The molecule has 2 aromatic heterocycles. The van der Waals surface area contributed by atoms with Crippen molar-refractivity contribution in [3.8, 4) is 0 Å². The fraction of sp³-hybridized carbons (Fsp3) is 0.235. The molecule has 0 aliphatic rings. The number of amides is 1. The molecule has 2 heterocycles. The highest BCUT2D eigenvalue weighted by atomic mass is 35.5. The Morgan fingerprint density at radius 1 is 1.26 bits per heavy atom. The maximum atomic E-state index is 12.3. The van der Waals surface area contributed by atoms with Crippen LogP contribution in [0, 0.1) is 24.0 Å². The first-order chi connectivity index (χ1) is 12.8. The topological polar surface area (TPSA) is 108 Å². The maximum absolute atomic E-state index is 12.3. The first-order valence-electron chi connectivity index (χ1n) is 8.10. The molecule has 0 spiro atoms. The highest BCUT2D eigenvalue weighted by Gasteiger charge is 2.23. The van der Waals surface area contributed by atoms with Gasteiger partial charge in [-0.15, -0.1) is 0 Å². The van der Waals surface area contributed by atoms with Crippen LogP contribution in [0.2, 0.25) is 5.02 Å². The summed E-state index contributed by atoms with van der Waals surface area (Å²) in [5.74, 6) is -0.198. The van der Waals surface area contributed by atoms with Gasteiger partial charge in [-0.05, 0) is 19.4 Å². The van der Waals surface area contributed by atoms with Gasteiger partial charge in [0.2, 0.25) is 5.91 Å². The molecule has 0 saturated heterocycles. The van der Waals surface area contributed by atoms with Crippen LogP contribution in [0.1, 0.15) is 17.0 Å². The van der Waals surface area contributed by atoms with Gasteiger partial charge in [0.1, 0.15) is 23.0 Å². The molecule has 3 rings (SSSR count). The van der Waals surface area contributed by atoms with Crippen LogP contribution in [0.3, 0.4) is 0 Å². The first kappa shape index (κ1) is 18.6. The molecular weight excluding hydrogens is 372 g/mol. The molecule has 27 heavy (non-hydrogen) atoms. The third-order valence-electron chi connectivity index (χ3n) is 3.98. The Labute approximate surface area is 159 Å². The van der Waals surface area contributed by atoms with Gasteiger partial charge in [-0.2, -0.15) is 10.2 Å². The van der Waals surface area contributed by atoms with Crippen molar-refractivity contribution in [3.63, 3.8) is 0 Å². The van der Waals surface area contributed by atoms with E-state index in [0.29, 0.717) is 17.3 Å². The maximum Gasteiger partial charge on any atom is 0.312 e. The van der Waals surface area contributed by atoms with E-state index in [0.717, 1.165) is 5.56 Å². The molecule has 0 unspecified atom stereocenters. The Hall–Kier alpha value is -3.20. The van der Waals surface area contributed by atoms with E-state index in [1.54, 1.807) is 17.8 Å². The van der Waals surface area contributed by atoms with Gasteiger partial charge in [-0.1, -0.05) is 41.9 Å². The molecule has 9 nitrogen and oxygen atoms in total. The van der Waals surface area contributed by atoms with E-state index >= 15 is 0 Å². The lowest BCUT2D eigenvalue weighted by atomic mass is 10.2. The second kappa shape index (κ2) is 7.58. The summed E-state index contributed by atoms with van der Waals surface area (Å²) in [6, 6.07) is 9.70. The minimum atomic E-state index is -0.506. The molecule has 0 saturated carbocycles. The van der Waals surface area contributed by atoms with E-state index in [4.69, 9.17) is 11.6 Å². The van der Waals surface area contributed by atoms with Crippen LogP contribution in [0.5, 0.6) is 0 Å².